The second-order valence-corrected chi connectivity index (χ2v) is 5.01. The van der Waals surface area contributed by atoms with E-state index >= 15 is 0 Å². The Hall–Kier alpha value is -0.340. The summed E-state index contributed by atoms with van der Waals surface area (Å²) in [7, 11) is 0. The summed E-state index contributed by atoms with van der Waals surface area (Å²) in [4.78, 5) is 0. The maximum absolute atomic E-state index is 6.18. The number of allylic oxidation sites excluding steroid dienone is 1. The number of hydrogen-bond donors (Lipinski definition) is 0. The average Bonchev–Trinajstić information content (AvgIpc) is 2.24. The first-order valence-corrected chi connectivity index (χ1v) is 6.11. The van der Waals surface area contributed by atoms with Crippen LogP contribution in [0.25, 0.3) is 0 Å². The molecule has 2 nitrogen and oxygen atoms in total. The molecule has 1 saturated heterocycles. The molecule has 0 bridgehead atoms. The lowest BCUT2D eigenvalue weighted by Crippen LogP contribution is -2.49. The lowest BCUT2D eigenvalue weighted by atomic mass is 9.74. The molecule has 3 atom stereocenters. The van der Waals surface area contributed by atoms with Crippen molar-refractivity contribution in [2.75, 3.05) is 6.61 Å². The quantitative estimate of drug-likeness (QED) is 0.618. The summed E-state index contributed by atoms with van der Waals surface area (Å²) >= 11 is 0. The molecular weight excluding hydrogens is 188 g/mol. The smallest absolute Gasteiger partial charge is 0.158 e. The largest absolute Gasteiger partial charge is 0.353 e. The molecular formula is C13H22O2. The lowest BCUT2D eigenvalue weighted by molar-refractivity contribution is -0.272. The van der Waals surface area contributed by atoms with Crippen LogP contribution in [0.4, 0.5) is 0 Å². The Balaban J connectivity index is 2.13. The van der Waals surface area contributed by atoms with E-state index in [1.54, 1.807) is 0 Å². The van der Waals surface area contributed by atoms with Crippen molar-refractivity contribution in [2.45, 2.75) is 58.3 Å². The zero-order chi connectivity index (χ0) is 10.9. The lowest BCUT2D eigenvalue weighted by Gasteiger charge is -2.47. The molecule has 15 heavy (non-hydrogen) atoms. The fourth-order valence-corrected chi connectivity index (χ4v) is 2.72. The van der Waals surface area contributed by atoms with Gasteiger partial charge in [-0.25, -0.2) is 0 Å². The molecule has 0 amide bonds. The first-order chi connectivity index (χ1) is 7.16. The summed E-state index contributed by atoms with van der Waals surface area (Å²) in [6.07, 6.45) is 6.63. The fraction of sp³-hybridized carbons (Fsp3) is 0.846. The zero-order valence-corrected chi connectivity index (χ0v) is 10.1. The van der Waals surface area contributed by atoms with E-state index in [4.69, 9.17) is 9.47 Å². The SMILES string of the molecule is CCC1OCCC2(CC(C)=CCC2C)O1. The third kappa shape index (κ3) is 2.11. The van der Waals surface area contributed by atoms with Gasteiger partial charge in [-0.1, -0.05) is 25.5 Å². The van der Waals surface area contributed by atoms with Gasteiger partial charge in [-0.2, -0.15) is 0 Å². The maximum Gasteiger partial charge on any atom is 0.158 e. The van der Waals surface area contributed by atoms with Crippen LogP contribution in [0.3, 0.4) is 0 Å². The average molecular weight is 210 g/mol. The molecule has 1 spiro atoms. The molecule has 0 aromatic carbocycles. The molecule has 86 valence electrons. The van der Waals surface area contributed by atoms with Gasteiger partial charge in [0.2, 0.25) is 0 Å². The first-order valence-electron chi connectivity index (χ1n) is 6.11. The van der Waals surface area contributed by atoms with Crippen molar-refractivity contribution in [3.63, 3.8) is 0 Å². The van der Waals surface area contributed by atoms with Gasteiger partial charge in [0.15, 0.2) is 6.29 Å². The highest BCUT2D eigenvalue weighted by atomic mass is 16.7. The Kier molecular flexibility index (Phi) is 3.17. The Labute approximate surface area is 92.6 Å². The molecule has 0 radical (unpaired) electrons. The van der Waals surface area contributed by atoms with Crippen LogP contribution in [0.1, 0.15) is 46.5 Å². The van der Waals surface area contributed by atoms with Crippen molar-refractivity contribution in [1.82, 2.24) is 0 Å². The molecule has 0 N–H and O–H groups in total. The number of rotatable bonds is 1. The Morgan fingerprint density at radius 1 is 1.53 bits per heavy atom. The minimum Gasteiger partial charge on any atom is -0.353 e. The molecule has 2 heteroatoms. The summed E-state index contributed by atoms with van der Waals surface area (Å²) in [6.45, 7) is 7.50. The van der Waals surface area contributed by atoms with Crippen LogP contribution in [-0.4, -0.2) is 18.5 Å². The molecule has 1 aliphatic heterocycles. The van der Waals surface area contributed by atoms with Crippen molar-refractivity contribution in [3.05, 3.63) is 11.6 Å². The van der Waals surface area contributed by atoms with Gasteiger partial charge in [0.1, 0.15) is 0 Å². The van der Waals surface area contributed by atoms with Crippen LogP contribution in [0.2, 0.25) is 0 Å². The predicted molar refractivity (Wildman–Crippen MR) is 60.6 cm³/mol. The van der Waals surface area contributed by atoms with Crippen LogP contribution in [0.5, 0.6) is 0 Å². The molecule has 0 aromatic heterocycles. The zero-order valence-electron chi connectivity index (χ0n) is 10.1. The van der Waals surface area contributed by atoms with Crippen molar-refractivity contribution < 1.29 is 9.47 Å². The van der Waals surface area contributed by atoms with E-state index in [-0.39, 0.29) is 11.9 Å². The van der Waals surface area contributed by atoms with Gasteiger partial charge in [0.05, 0.1) is 12.2 Å². The van der Waals surface area contributed by atoms with Crippen LogP contribution in [-0.2, 0) is 9.47 Å². The Morgan fingerprint density at radius 2 is 2.33 bits per heavy atom. The van der Waals surface area contributed by atoms with E-state index < -0.39 is 0 Å². The van der Waals surface area contributed by atoms with Crippen molar-refractivity contribution in [3.8, 4) is 0 Å². The monoisotopic (exact) mass is 210 g/mol. The Bertz CT molecular complexity index is 259. The third-order valence-electron chi connectivity index (χ3n) is 3.82. The predicted octanol–water partition coefficient (Wildman–Crippen LogP) is 3.27. The second-order valence-electron chi connectivity index (χ2n) is 5.01. The molecule has 1 aliphatic carbocycles. The molecule has 2 aliphatic rings. The van der Waals surface area contributed by atoms with E-state index in [1.807, 2.05) is 0 Å². The fourth-order valence-electron chi connectivity index (χ4n) is 2.72. The maximum atomic E-state index is 6.18. The highest BCUT2D eigenvalue weighted by Gasteiger charge is 2.43. The normalized spacial score (nSPS) is 41.7. The minimum atomic E-state index is 0.0205. The highest BCUT2D eigenvalue weighted by Crippen LogP contribution is 2.42. The van der Waals surface area contributed by atoms with Crippen LogP contribution in [0.15, 0.2) is 11.6 Å². The van der Waals surface area contributed by atoms with Crippen molar-refractivity contribution in [1.29, 1.82) is 0 Å². The standard InChI is InChI=1S/C13H22O2/c1-4-12-14-8-7-13(15-12)9-10(2)5-6-11(13)3/h5,11-12H,4,6-9H2,1-3H3. The number of hydrogen-bond acceptors (Lipinski definition) is 2. The molecule has 2 rings (SSSR count). The summed E-state index contributed by atoms with van der Waals surface area (Å²) in [5, 5.41) is 0. The first kappa shape index (κ1) is 11.2. The minimum absolute atomic E-state index is 0.0205. The molecule has 1 heterocycles. The van der Waals surface area contributed by atoms with Crippen molar-refractivity contribution in [2.24, 2.45) is 5.92 Å². The van der Waals surface area contributed by atoms with Gasteiger partial charge in [-0.05, 0) is 32.1 Å². The van der Waals surface area contributed by atoms with Gasteiger partial charge in [-0.15, -0.1) is 0 Å². The van der Waals surface area contributed by atoms with Crippen LogP contribution < -0.4 is 0 Å². The van der Waals surface area contributed by atoms with E-state index in [0.29, 0.717) is 5.92 Å². The van der Waals surface area contributed by atoms with Crippen LogP contribution in [0, 0.1) is 5.92 Å². The van der Waals surface area contributed by atoms with Crippen molar-refractivity contribution >= 4 is 0 Å². The van der Waals surface area contributed by atoms with Gasteiger partial charge in [-0.3, -0.25) is 0 Å². The number of ether oxygens (including phenoxy) is 2. The van der Waals surface area contributed by atoms with E-state index in [9.17, 15) is 0 Å². The Morgan fingerprint density at radius 3 is 3.07 bits per heavy atom. The molecule has 1 fully saturated rings. The van der Waals surface area contributed by atoms with E-state index in [0.717, 1.165) is 32.3 Å². The van der Waals surface area contributed by atoms with Gasteiger partial charge < -0.3 is 9.47 Å². The highest BCUT2D eigenvalue weighted by molar-refractivity contribution is 5.12. The second kappa shape index (κ2) is 4.26. The van der Waals surface area contributed by atoms with E-state index in [1.165, 1.54) is 5.57 Å². The summed E-state index contributed by atoms with van der Waals surface area (Å²) < 4.78 is 11.8. The van der Waals surface area contributed by atoms with Gasteiger partial charge in [0.25, 0.3) is 0 Å². The summed E-state index contributed by atoms with van der Waals surface area (Å²) in [5.41, 5.74) is 1.54. The molecule has 3 unspecified atom stereocenters. The van der Waals surface area contributed by atoms with Gasteiger partial charge in [0, 0.05) is 6.42 Å². The van der Waals surface area contributed by atoms with Gasteiger partial charge >= 0.3 is 0 Å². The summed E-state index contributed by atoms with van der Waals surface area (Å²) in [5.74, 6) is 0.624. The third-order valence-corrected chi connectivity index (χ3v) is 3.82. The summed E-state index contributed by atoms with van der Waals surface area (Å²) in [6, 6.07) is 0. The van der Waals surface area contributed by atoms with Crippen LogP contribution >= 0.6 is 0 Å². The van der Waals surface area contributed by atoms with E-state index in [2.05, 4.69) is 26.8 Å². The topological polar surface area (TPSA) is 18.5 Å². The molecule has 0 aromatic rings. The molecule has 0 saturated carbocycles.